The topological polar surface area (TPSA) is 75.6 Å². The predicted octanol–water partition coefficient (Wildman–Crippen LogP) is 2.17. The van der Waals surface area contributed by atoms with Crippen LogP contribution in [0.4, 0.5) is 0 Å². The van der Waals surface area contributed by atoms with Crippen LogP contribution in [0.3, 0.4) is 0 Å². The predicted molar refractivity (Wildman–Crippen MR) is 79.4 cm³/mol. The van der Waals surface area contributed by atoms with Crippen molar-refractivity contribution in [2.24, 2.45) is 0 Å². The van der Waals surface area contributed by atoms with E-state index >= 15 is 0 Å². The normalized spacial score (nSPS) is 11.7. The van der Waals surface area contributed by atoms with Crippen molar-refractivity contribution in [1.82, 2.24) is 5.32 Å². The van der Waals surface area contributed by atoms with Gasteiger partial charge in [-0.3, -0.25) is 4.79 Å². The molecule has 1 amide bonds. The summed E-state index contributed by atoms with van der Waals surface area (Å²) >= 11 is 7.49. The third-order valence-electron chi connectivity index (χ3n) is 2.62. The molecule has 1 aromatic carbocycles. The van der Waals surface area contributed by atoms with E-state index < -0.39 is 12.0 Å². The summed E-state index contributed by atoms with van der Waals surface area (Å²) in [6.45, 7) is 0. The van der Waals surface area contributed by atoms with Crippen molar-refractivity contribution in [3.05, 3.63) is 28.8 Å². The van der Waals surface area contributed by atoms with Crippen molar-refractivity contribution in [1.29, 1.82) is 0 Å². The number of rotatable bonds is 9. The minimum Gasteiger partial charge on any atom is -0.496 e. The summed E-state index contributed by atoms with van der Waals surface area (Å²) in [6, 6.07) is 4.53. The summed E-state index contributed by atoms with van der Waals surface area (Å²) in [7, 11) is 1.59. The molecule has 2 N–H and O–H groups in total. The molecule has 0 saturated heterocycles. The molecule has 1 atom stereocenters. The minimum absolute atomic E-state index is 0.363. The molecule has 7 heteroatoms. The second-order valence-corrected chi connectivity index (χ2v) is 5.51. The summed E-state index contributed by atoms with van der Waals surface area (Å²) in [6.07, 6.45) is 0.769. The molecule has 0 aromatic heterocycles. The number of carbonyl (C=O) groups excluding carboxylic acids is 1. The second kappa shape index (κ2) is 8.71. The zero-order valence-corrected chi connectivity index (χ0v) is 12.5. The van der Waals surface area contributed by atoms with Crippen molar-refractivity contribution in [2.45, 2.75) is 18.2 Å². The van der Waals surface area contributed by atoms with Gasteiger partial charge in [0.2, 0.25) is 6.41 Å². The van der Waals surface area contributed by atoms with Crippen LogP contribution in [0.1, 0.15) is 12.0 Å². The maximum atomic E-state index is 10.8. The van der Waals surface area contributed by atoms with Crippen LogP contribution in [-0.4, -0.2) is 36.4 Å². The Bertz CT molecular complexity index is 470. The highest BCUT2D eigenvalue weighted by molar-refractivity contribution is 7.98. The smallest absolute Gasteiger partial charge is 0.326 e. The molecule has 0 radical (unpaired) electrons. The van der Waals surface area contributed by atoms with Crippen LogP contribution in [-0.2, 0) is 15.3 Å². The Labute approximate surface area is 126 Å². The lowest BCUT2D eigenvalue weighted by atomic mass is 10.2. The third kappa shape index (κ3) is 5.30. The number of halogens is 1. The van der Waals surface area contributed by atoms with Crippen LogP contribution in [0.25, 0.3) is 0 Å². The molecule has 0 aliphatic heterocycles. The number of hydrogen-bond donors (Lipinski definition) is 2. The van der Waals surface area contributed by atoms with E-state index in [9.17, 15) is 9.59 Å². The Balaban J connectivity index is 2.46. The number of aliphatic carboxylic acids is 1. The number of ether oxygens (including phenoxy) is 1. The Morgan fingerprint density at radius 3 is 2.95 bits per heavy atom. The standard InChI is InChI=1S/C13H16ClNO4S/c1-19-12-3-2-10(14)6-9(12)7-20-5-4-11(13(17)18)15-8-16/h2-3,6,8,11H,4-5,7H2,1H3,(H,15,16)(H,17,18). The molecule has 0 spiro atoms. The van der Waals surface area contributed by atoms with Crippen molar-refractivity contribution in [2.75, 3.05) is 12.9 Å². The quantitative estimate of drug-likeness (QED) is 0.539. The number of methoxy groups -OCH3 is 1. The number of amides is 1. The fraction of sp³-hybridized carbons (Fsp3) is 0.385. The van der Waals surface area contributed by atoms with Gasteiger partial charge in [-0.25, -0.2) is 4.79 Å². The van der Waals surface area contributed by atoms with E-state index in [0.29, 0.717) is 29.4 Å². The van der Waals surface area contributed by atoms with Crippen LogP contribution in [0.15, 0.2) is 18.2 Å². The Morgan fingerprint density at radius 1 is 1.60 bits per heavy atom. The van der Waals surface area contributed by atoms with Gasteiger partial charge in [0.25, 0.3) is 0 Å². The fourth-order valence-corrected chi connectivity index (χ4v) is 2.79. The number of carbonyl (C=O) groups is 2. The molecule has 0 aliphatic carbocycles. The Morgan fingerprint density at radius 2 is 2.35 bits per heavy atom. The van der Waals surface area contributed by atoms with E-state index in [4.69, 9.17) is 21.4 Å². The maximum absolute atomic E-state index is 10.8. The molecule has 20 heavy (non-hydrogen) atoms. The molecular formula is C13H16ClNO4S. The molecule has 1 aromatic rings. The van der Waals surface area contributed by atoms with Gasteiger partial charge in [-0.2, -0.15) is 11.8 Å². The lowest BCUT2D eigenvalue weighted by Crippen LogP contribution is -2.36. The number of benzene rings is 1. The molecule has 1 unspecified atom stereocenters. The van der Waals surface area contributed by atoms with Crippen LogP contribution in [0.5, 0.6) is 5.75 Å². The number of hydrogen-bond acceptors (Lipinski definition) is 4. The first-order valence-corrected chi connectivity index (χ1v) is 7.44. The van der Waals surface area contributed by atoms with Crippen LogP contribution in [0.2, 0.25) is 5.02 Å². The number of carboxylic acids is 1. The molecule has 5 nitrogen and oxygen atoms in total. The average Bonchev–Trinajstić information content (AvgIpc) is 2.42. The van der Waals surface area contributed by atoms with E-state index in [0.717, 1.165) is 11.3 Å². The van der Waals surface area contributed by atoms with Gasteiger partial charge in [0.1, 0.15) is 11.8 Å². The van der Waals surface area contributed by atoms with Crippen LogP contribution >= 0.6 is 23.4 Å². The van der Waals surface area contributed by atoms with Crippen molar-refractivity contribution < 1.29 is 19.4 Å². The van der Waals surface area contributed by atoms with Gasteiger partial charge < -0.3 is 15.2 Å². The molecular weight excluding hydrogens is 302 g/mol. The molecule has 110 valence electrons. The van der Waals surface area contributed by atoms with Crippen molar-refractivity contribution in [3.8, 4) is 5.75 Å². The minimum atomic E-state index is -1.03. The SMILES string of the molecule is COc1ccc(Cl)cc1CSCCC(NC=O)C(=O)O. The fourth-order valence-electron chi connectivity index (χ4n) is 1.60. The first-order chi connectivity index (χ1) is 9.58. The first-order valence-electron chi connectivity index (χ1n) is 5.91. The molecule has 0 saturated carbocycles. The molecule has 0 heterocycles. The van der Waals surface area contributed by atoms with Gasteiger partial charge >= 0.3 is 5.97 Å². The molecule has 0 fully saturated rings. The highest BCUT2D eigenvalue weighted by Crippen LogP contribution is 2.26. The van der Waals surface area contributed by atoms with Crippen molar-refractivity contribution >= 4 is 35.7 Å². The summed E-state index contributed by atoms with van der Waals surface area (Å²) in [5, 5.41) is 11.8. The molecule has 1 rings (SSSR count). The van der Waals surface area contributed by atoms with Crippen molar-refractivity contribution in [3.63, 3.8) is 0 Å². The van der Waals surface area contributed by atoms with Gasteiger partial charge in [-0.1, -0.05) is 11.6 Å². The van der Waals surface area contributed by atoms with Gasteiger partial charge in [0, 0.05) is 16.3 Å². The van der Waals surface area contributed by atoms with E-state index in [-0.39, 0.29) is 0 Å². The van der Waals surface area contributed by atoms with E-state index in [2.05, 4.69) is 5.32 Å². The highest BCUT2D eigenvalue weighted by Gasteiger charge is 2.15. The number of carboxylic acid groups (broad SMARTS) is 1. The van der Waals surface area contributed by atoms with E-state index in [1.165, 1.54) is 0 Å². The monoisotopic (exact) mass is 317 g/mol. The largest absolute Gasteiger partial charge is 0.496 e. The van der Waals surface area contributed by atoms with E-state index in [1.54, 1.807) is 31.0 Å². The number of thioether (sulfide) groups is 1. The second-order valence-electron chi connectivity index (χ2n) is 3.97. The lowest BCUT2D eigenvalue weighted by Gasteiger charge is -2.11. The summed E-state index contributed by atoms with van der Waals surface area (Å²) < 4.78 is 5.23. The Hall–Kier alpha value is -1.40. The van der Waals surface area contributed by atoms with E-state index in [1.807, 2.05) is 6.07 Å². The van der Waals surface area contributed by atoms with Crippen LogP contribution in [0, 0.1) is 0 Å². The molecule has 0 aliphatic rings. The van der Waals surface area contributed by atoms with Crippen LogP contribution < -0.4 is 10.1 Å². The third-order valence-corrected chi connectivity index (χ3v) is 3.89. The molecule has 0 bridgehead atoms. The number of nitrogens with one attached hydrogen (secondary N) is 1. The zero-order chi connectivity index (χ0) is 15.0. The summed E-state index contributed by atoms with van der Waals surface area (Å²) in [4.78, 5) is 21.1. The van der Waals surface area contributed by atoms with Gasteiger partial charge in [-0.15, -0.1) is 0 Å². The van der Waals surface area contributed by atoms with Gasteiger partial charge in [0.05, 0.1) is 7.11 Å². The zero-order valence-electron chi connectivity index (χ0n) is 11.0. The average molecular weight is 318 g/mol. The first kappa shape index (κ1) is 16.7. The summed E-state index contributed by atoms with van der Waals surface area (Å²) in [5.41, 5.74) is 0.959. The Kier molecular flexibility index (Phi) is 7.25. The lowest BCUT2D eigenvalue weighted by molar-refractivity contribution is -0.140. The van der Waals surface area contributed by atoms with Gasteiger partial charge in [0.15, 0.2) is 0 Å². The maximum Gasteiger partial charge on any atom is 0.326 e. The van der Waals surface area contributed by atoms with Gasteiger partial charge in [-0.05, 0) is 30.4 Å². The highest BCUT2D eigenvalue weighted by atomic mass is 35.5. The summed E-state index contributed by atoms with van der Waals surface area (Å²) in [5.74, 6) is 0.991.